The molecule has 0 atom stereocenters. The van der Waals surface area contributed by atoms with Crippen LogP contribution >= 0.6 is 35.3 Å². The summed E-state index contributed by atoms with van der Waals surface area (Å²) in [6, 6.07) is 5.16. The number of hydrogen-bond acceptors (Lipinski definition) is 4. The van der Waals surface area contributed by atoms with Gasteiger partial charge in [0.2, 0.25) is 0 Å². The fourth-order valence-corrected chi connectivity index (χ4v) is 3.31. The van der Waals surface area contributed by atoms with Crippen LogP contribution < -0.4 is 10.6 Å². The van der Waals surface area contributed by atoms with Crippen LogP contribution in [-0.2, 0) is 12.7 Å². The monoisotopic (exact) mass is 497 g/mol. The van der Waals surface area contributed by atoms with E-state index in [1.54, 1.807) is 23.6 Å². The smallest absolute Gasteiger partial charge is 0.370 e. The third-order valence-electron chi connectivity index (χ3n) is 3.97. The number of nitrogens with zero attached hydrogens (tertiary/aromatic N) is 4. The number of guanidine groups is 1. The van der Waals surface area contributed by atoms with E-state index < -0.39 is 11.7 Å². The molecule has 0 radical (unpaired) electrons. The maximum Gasteiger partial charge on any atom is 0.416 e. The molecule has 0 spiro atoms. The second-order valence-corrected chi connectivity index (χ2v) is 6.53. The van der Waals surface area contributed by atoms with Gasteiger partial charge in [0, 0.05) is 37.8 Å². The molecule has 1 aromatic carbocycles. The Hall–Kier alpha value is -1.56. The summed E-state index contributed by atoms with van der Waals surface area (Å²) in [5.41, 5.74) is 5.82. The maximum atomic E-state index is 12.7. The number of nitrogens with two attached hydrogens (primary N) is 1. The Morgan fingerprint density at radius 2 is 1.96 bits per heavy atom. The largest absolute Gasteiger partial charge is 0.416 e. The van der Waals surface area contributed by atoms with Gasteiger partial charge in [-0.25, -0.2) is 9.98 Å². The van der Waals surface area contributed by atoms with Gasteiger partial charge in [0.15, 0.2) is 11.1 Å². The number of alkyl halides is 3. The number of anilines is 1. The molecule has 5 nitrogen and oxygen atoms in total. The third kappa shape index (κ3) is 5.22. The minimum Gasteiger partial charge on any atom is -0.370 e. The van der Waals surface area contributed by atoms with Gasteiger partial charge in [0.1, 0.15) is 0 Å². The van der Waals surface area contributed by atoms with E-state index >= 15 is 0 Å². The van der Waals surface area contributed by atoms with Gasteiger partial charge in [0.25, 0.3) is 0 Å². The van der Waals surface area contributed by atoms with E-state index in [0.717, 1.165) is 30.4 Å². The molecule has 0 unspecified atom stereocenters. The zero-order chi connectivity index (χ0) is 17.9. The molecule has 26 heavy (non-hydrogen) atoms. The first-order valence-electron chi connectivity index (χ1n) is 7.79. The zero-order valence-electron chi connectivity index (χ0n) is 13.8. The van der Waals surface area contributed by atoms with Crippen molar-refractivity contribution < 1.29 is 13.2 Å². The highest BCUT2D eigenvalue weighted by Gasteiger charge is 2.30. The topological polar surface area (TPSA) is 57.8 Å². The van der Waals surface area contributed by atoms with Gasteiger partial charge in [-0.3, -0.25) is 0 Å². The molecule has 1 saturated heterocycles. The Kier molecular flexibility index (Phi) is 7.09. The predicted molar refractivity (Wildman–Crippen MR) is 108 cm³/mol. The number of benzene rings is 1. The lowest BCUT2D eigenvalue weighted by molar-refractivity contribution is -0.137. The number of piperazine rings is 1. The summed E-state index contributed by atoms with van der Waals surface area (Å²) in [4.78, 5) is 12.7. The molecule has 1 aromatic heterocycles. The fourth-order valence-electron chi connectivity index (χ4n) is 2.62. The molecule has 1 aliphatic heterocycles. The lowest BCUT2D eigenvalue weighted by atomic mass is 10.1. The van der Waals surface area contributed by atoms with Gasteiger partial charge < -0.3 is 15.5 Å². The Labute approximate surface area is 170 Å². The van der Waals surface area contributed by atoms with Crippen molar-refractivity contribution in [3.63, 3.8) is 0 Å². The lowest BCUT2D eigenvalue weighted by Crippen LogP contribution is -2.51. The quantitative estimate of drug-likeness (QED) is 0.401. The molecular formula is C16H19F3IN5S. The van der Waals surface area contributed by atoms with Gasteiger partial charge >= 0.3 is 6.18 Å². The number of aromatic nitrogens is 1. The van der Waals surface area contributed by atoms with Crippen molar-refractivity contribution in [1.82, 2.24) is 9.88 Å². The van der Waals surface area contributed by atoms with Crippen LogP contribution in [0.25, 0.3) is 0 Å². The maximum absolute atomic E-state index is 12.7. The van der Waals surface area contributed by atoms with Gasteiger partial charge in [-0.2, -0.15) is 13.2 Å². The van der Waals surface area contributed by atoms with Crippen molar-refractivity contribution in [1.29, 1.82) is 0 Å². The molecule has 0 bridgehead atoms. The molecule has 2 N–H and O–H groups in total. The van der Waals surface area contributed by atoms with Crippen LogP contribution in [0.5, 0.6) is 0 Å². The molecule has 3 rings (SSSR count). The van der Waals surface area contributed by atoms with Crippen molar-refractivity contribution >= 4 is 46.4 Å². The summed E-state index contributed by atoms with van der Waals surface area (Å²) in [5.74, 6) is 0.358. The number of aliphatic imine (C=N–C) groups is 1. The summed E-state index contributed by atoms with van der Waals surface area (Å²) in [5, 5.41) is 2.92. The van der Waals surface area contributed by atoms with Gasteiger partial charge in [-0.05, 0) is 17.7 Å². The molecule has 1 aliphatic rings. The molecule has 2 aromatic rings. The highest BCUT2D eigenvalue weighted by molar-refractivity contribution is 14.0. The van der Waals surface area contributed by atoms with Crippen LogP contribution in [-0.4, -0.2) is 42.0 Å². The van der Waals surface area contributed by atoms with E-state index in [1.165, 1.54) is 6.07 Å². The van der Waals surface area contributed by atoms with Gasteiger partial charge in [-0.1, -0.05) is 12.1 Å². The van der Waals surface area contributed by atoms with Gasteiger partial charge in [-0.15, -0.1) is 35.3 Å². The zero-order valence-corrected chi connectivity index (χ0v) is 17.0. The molecular weight excluding hydrogens is 478 g/mol. The van der Waals surface area contributed by atoms with E-state index in [0.29, 0.717) is 24.6 Å². The Bertz CT molecular complexity index is 728. The molecule has 1 fully saturated rings. The summed E-state index contributed by atoms with van der Waals surface area (Å²) >= 11 is 1.59. The molecule has 2 heterocycles. The second kappa shape index (κ2) is 8.89. The standard InChI is InChI=1S/C16H18F3N5S.HI/c17-16(18,19)13-3-1-2-12(10-13)11-22-14(20)23-5-7-24(8-6-23)15-21-4-9-25-15;/h1-4,9-10H,5-8,11H2,(H2,20,22);1H. The van der Waals surface area contributed by atoms with Gasteiger partial charge in [0.05, 0.1) is 12.1 Å². The van der Waals surface area contributed by atoms with E-state index in [2.05, 4.69) is 14.9 Å². The van der Waals surface area contributed by atoms with Crippen LogP contribution in [0.1, 0.15) is 11.1 Å². The van der Waals surface area contributed by atoms with Crippen molar-refractivity contribution in [2.75, 3.05) is 31.1 Å². The highest BCUT2D eigenvalue weighted by atomic mass is 127. The lowest BCUT2D eigenvalue weighted by Gasteiger charge is -2.35. The van der Waals surface area contributed by atoms with Crippen molar-refractivity contribution in [2.24, 2.45) is 10.7 Å². The number of halogens is 4. The molecule has 0 amide bonds. The van der Waals surface area contributed by atoms with Crippen molar-refractivity contribution in [3.8, 4) is 0 Å². The average Bonchev–Trinajstić information content (AvgIpc) is 3.14. The van der Waals surface area contributed by atoms with Crippen LogP contribution in [0.15, 0.2) is 40.8 Å². The molecule has 142 valence electrons. The molecule has 0 aliphatic carbocycles. The van der Waals surface area contributed by atoms with Crippen molar-refractivity contribution in [2.45, 2.75) is 12.7 Å². The molecule has 10 heteroatoms. The van der Waals surface area contributed by atoms with Crippen LogP contribution in [0, 0.1) is 0 Å². The molecule has 0 saturated carbocycles. The highest BCUT2D eigenvalue weighted by Crippen LogP contribution is 2.29. The van der Waals surface area contributed by atoms with E-state index in [-0.39, 0.29) is 30.5 Å². The minimum atomic E-state index is -4.35. The predicted octanol–water partition coefficient (Wildman–Crippen LogP) is 3.42. The first kappa shape index (κ1) is 20.7. The van der Waals surface area contributed by atoms with E-state index in [1.807, 2.05) is 10.3 Å². The normalized spacial score (nSPS) is 15.7. The number of thiazole rings is 1. The summed E-state index contributed by atoms with van der Waals surface area (Å²) in [7, 11) is 0. The SMILES string of the molecule is I.NC(=NCc1cccc(C(F)(F)F)c1)N1CCN(c2nccs2)CC1. The van der Waals surface area contributed by atoms with E-state index in [4.69, 9.17) is 5.73 Å². The fraction of sp³-hybridized carbons (Fsp3) is 0.375. The first-order valence-corrected chi connectivity index (χ1v) is 8.67. The Morgan fingerprint density at radius 3 is 2.58 bits per heavy atom. The van der Waals surface area contributed by atoms with Crippen LogP contribution in [0.4, 0.5) is 18.3 Å². The van der Waals surface area contributed by atoms with Crippen LogP contribution in [0.3, 0.4) is 0 Å². The van der Waals surface area contributed by atoms with Crippen LogP contribution in [0.2, 0.25) is 0 Å². The first-order chi connectivity index (χ1) is 11.9. The van der Waals surface area contributed by atoms with Crippen molar-refractivity contribution in [3.05, 3.63) is 47.0 Å². The minimum absolute atomic E-state index is 0. The second-order valence-electron chi connectivity index (χ2n) is 5.66. The summed E-state index contributed by atoms with van der Waals surface area (Å²) in [6.45, 7) is 3.11. The Morgan fingerprint density at radius 1 is 1.23 bits per heavy atom. The number of rotatable bonds is 3. The summed E-state index contributed by atoms with van der Waals surface area (Å²) < 4.78 is 38.2. The Balaban J connectivity index is 0.00000243. The average molecular weight is 497 g/mol. The van der Waals surface area contributed by atoms with E-state index in [9.17, 15) is 13.2 Å². The summed E-state index contributed by atoms with van der Waals surface area (Å²) in [6.07, 6.45) is -2.57. The third-order valence-corrected chi connectivity index (χ3v) is 4.80. The number of hydrogen-bond donors (Lipinski definition) is 1.